The van der Waals surface area contributed by atoms with Gasteiger partial charge < -0.3 is 37.5 Å². The molecule has 0 fully saturated rings. The molecule has 0 unspecified atom stereocenters. The van der Waals surface area contributed by atoms with Crippen molar-refractivity contribution in [3.63, 3.8) is 0 Å². The number of ketones is 4. The topological polar surface area (TPSA) is 222 Å². The van der Waals surface area contributed by atoms with Crippen LogP contribution >= 0.6 is 0 Å². The van der Waals surface area contributed by atoms with Crippen LogP contribution in [-0.2, 0) is 75.1 Å². The van der Waals surface area contributed by atoms with Crippen LogP contribution in [0, 0.1) is 0 Å². The number of aryl methyl sites for hydroxylation is 2. The zero-order valence-corrected chi connectivity index (χ0v) is 47.3. The van der Waals surface area contributed by atoms with Crippen LogP contribution in [-0.4, -0.2) is 156 Å². The molecule has 4 aromatic heterocycles. The number of carbonyl (C=O) groups is 4. The lowest BCUT2D eigenvalue weighted by molar-refractivity contribution is -0.121. The molecule has 0 spiro atoms. The molecule has 12 rings (SSSR count). The number of rotatable bonds is 4. The number of fused-ring (bicyclic) bond motifs is 24. The second kappa shape index (κ2) is 23.9. The third-order valence-corrected chi connectivity index (χ3v) is 14.4. The number of benzene rings is 4. The lowest BCUT2D eigenvalue weighted by atomic mass is 9.95. The van der Waals surface area contributed by atoms with E-state index in [4.69, 9.17) is 18.6 Å². The fourth-order valence-corrected chi connectivity index (χ4v) is 11.3. The summed E-state index contributed by atoms with van der Waals surface area (Å²) < 4.78 is 73.3. The van der Waals surface area contributed by atoms with Crippen LogP contribution in [0.4, 0.5) is 0 Å². The first-order valence-electron chi connectivity index (χ1n) is 26.3. The molecule has 2 aliphatic heterocycles. The number of carbonyl (C=O) groups excluding carboxylic acids is 4. The third-order valence-electron chi connectivity index (χ3n) is 14.4. The molecule has 2 atom stereocenters. The van der Waals surface area contributed by atoms with Crippen molar-refractivity contribution >= 4 is 109 Å². The normalized spacial score (nSPS) is 18.2. The number of hydrogen-bond acceptors (Lipinski definition) is 12. The highest BCUT2D eigenvalue weighted by Crippen LogP contribution is 2.44. The number of allylic oxidation sites excluding steroid dienone is 4. The van der Waals surface area contributed by atoms with Crippen molar-refractivity contribution in [1.82, 2.24) is 28.1 Å². The Morgan fingerprint density at radius 1 is 0.438 bits per heavy atom. The minimum atomic E-state index is -3.67. The van der Waals surface area contributed by atoms with Gasteiger partial charge in [0.1, 0.15) is 0 Å². The van der Waals surface area contributed by atoms with E-state index in [1.54, 1.807) is 0 Å². The Kier molecular flexibility index (Phi) is 17.2. The minimum absolute atomic E-state index is 0.0717. The first-order chi connectivity index (χ1) is 38.0. The summed E-state index contributed by atoms with van der Waals surface area (Å²) in [7, 11) is 0.946. The Balaban J connectivity index is 0.000000166. The van der Waals surface area contributed by atoms with Crippen LogP contribution in [0.2, 0.25) is 0 Å². The summed E-state index contributed by atoms with van der Waals surface area (Å²) in [5, 5.41) is 4.00. The highest BCUT2D eigenvalue weighted by atomic mass is 32.2. The smallest absolute Gasteiger partial charge is 0.261 e. The van der Waals surface area contributed by atoms with Crippen molar-refractivity contribution in [2.24, 2.45) is 0 Å². The largest absolute Gasteiger partial charge is 0.375 e. The first-order valence-corrected chi connectivity index (χ1v) is 30.0. The van der Waals surface area contributed by atoms with Gasteiger partial charge in [0.25, 0.3) is 20.2 Å². The summed E-state index contributed by atoms with van der Waals surface area (Å²) in [6.45, 7) is 5.74. The van der Waals surface area contributed by atoms with E-state index in [2.05, 4.69) is 105 Å². The van der Waals surface area contributed by atoms with Gasteiger partial charge in [0.2, 0.25) is 0 Å². The van der Waals surface area contributed by atoms with Crippen molar-refractivity contribution in [3.8, 4) is 0 Å². The van der Waals surface area contributed by atoms with Crippen LogP contribution < -0.4 is 0 Å². The number of para-hydroxylation sites is 4. The van der Waals surface area contributed by atoms with Gasteiger partial charge in [-0.3, -0.25) is 28.3 Å². The number of likely N-dealkylation sites (N-methyl/N-ethyl adjacent to an activating group) is 2. The maximum Gasteiger partial charge on any atom is 0.261 e. The zero-order chi connectivity index (χ0) is 57.2. The van der Waals surface area contributed by atoms with Gasteiger partial charge in [-0.05, 0) is 65.3 Å². The standard InChI is InChI=1S/2C29H29N3O3.2CH4O3S/c2*1-30(2)16-19-11-12-31-17-22(20-7-3-5-9-24(20)31)28-26(33)15-27(34)29(28)23-18-32(13-14-35-19)25-10-6-4-8-21(23)25;2*1-5(2,3)4/h2*3-10,17-19H,11-16H2,1-2H3;2*1H3,(H,2,3,4)/t2*19-;;/m10../s1. The van der Waals surface area contributed by atoms with Gasteiger partial charge >= 0.3 is 0 Å². The lowest BCUT2D eigenvalue weighted by Crippen LogP contribution is -2.30. The fraction of sp³-hybridized carbons (Fsp3) is 0.333. The number of hydrogen-bond donors (Lipinski definition) is 2. The van der Waals surface area contributed by atoms with Crippen LogP contribution in [0.1, 0.15) is 47.9 Å². The van der Waals surface area contributed by atoms with E-state index < -0.39 is 20.2 Å². The molecule has 420 valence electrons. The highest BCUT2D eigenvalue weighted by molar-refractivity contribution is 7.85. The summed E-state index contributed by atoms with van der Waals surface area (Å²) in [6, 6.07) is 32.5. The van der Waals surface area contributed by atoms with Crippen molar-refractivity contribution in [1.29, 1.82) is 0 Å². The third kappa shape index (κ3) is 13.0. The summed E-state index contributed by atoms with van der Waals surface area (Å²) in [6.07, 6.45) is 11.4. The maximum absolute atomic E-state index is 13.3. The maximum atomic E-state index is 13.3. The van der Waals surface area contributed by atoms with E-state index in [0.29, 0.717) is 61.1 Å². The van der Waals surface area contributed by atoms with Crippen LogP contribution in [0.5, 0.6) is 0 Å². The predicted octanol–water partition coefficient (Wildman–Crippen LogP) is 7.81. The lowest BCUT2D eigenvalue weighted by Gasteiger charge is -2.22. The van der Waals surface area contributed by atoms with Gasteiger partial charge in [0, 0.05) is 152 Å². The molecule has 8 aromatic rings. The highest BCUT2D eigenvalue weighted by Gasteiger charge is 2.37. The molecule has 20 heteroatoms. The molecule has 0 saturated heterocycles. The molecule has 4 aliphatic rings. The van der Waals surface area contributed by atoms with E-state index in [1.807, 2.05) is 73.1 Å². The van der Waals surface area contributed by atoms with Gasteiger partial charge in [-0.25, -0.2) is 0 Å². The van der Waals surface area contributed by atoms with Gasteiger partial charge in [-0.1, -0.05) is 72.8 Å². The Bertz CT molecular complexity index is 3730. The molecule has 0 saturated carbocycles. The Morgan fingerprint density at radius 3 is 0.925 bits per heavy atom. The molecule has 6 heterocycles. The monoisotopic (exact) mass is 1130 g/mol. The zero-order valence-electron chi connectivity index (χ0n) is 45.7. The number of aromatic nitrogens is 4. The van der Waals surface area contributed by atoms with E-state index in [1.165, 1.54) is 0 Å². The molecule has 4 aromatic carbocycles. The van der Waals surface area contributed by atoms with Crippen LogP contribution in [0.25, 0.3) is 65.9 Å². The molecule has 0 radical (unpaired) electrons. The molecular formula is C60H66N6O12S2. The first kappa shape index (κ1) is 57.5. The van der Waals surface area contributed by atoms with E-state index in [-0.39, 0.29) is 48.2 Å². The minimum Gasteiger partial charge on any atom is -0.375 e. The van der Waals surface area contributed by atoms with Gasteiger partial charge in [-0.2, -0.15) is 16.8 Å². The van der Waals surface area contributed by atoms with E-state index in [0.717, 1.165) is 105 Å². The quantitative estimate of drug-likeness (QED) is 0.127. The van der Waals surface area contributed by atoms with Crippen molar-refractivity contribution in [3.05, 3.63) is 144 Å². The van der Waals surface area contributed by atoms with Crippen molar-refractivity contribution in [2.75, 3.05) is 67.0 Å². The number of Topliss-reactive ketones (excluding diaryl/α,β-unsaturated/α-hetero) is 4. The molecule has 8 bridgehead atoms. The average Bonchev–Trinajstić information content (AvgIpc) is 4.43. The van der Waals surface area contributed by atoms with Crippen LogP contribution in [0.3, 0.4) is 0 Å². The van der Waals surface area contributed by atoms with Crippen molar-refractivity contribution < 1.29 is 54.6 Å². The molecular weight excluding hydrogens is 1060 g/mol. The number of nitrogens with zero attached hydrogens (tertiary/aromatic N) is 6. The molecule has 2 aliphatic carbocycles. The number of ether oxygens (including phenoxy) is 2. The Hall–Kier alpha value is -7.14. The summed E-state index contributed by atoms with van der Waals surface area (Å²) in [5.74, 6) is -0.380. The Labute approximate surface area is 464 Å². The fourth-order valence-electron chi connectivity index (χ4n) is 11.3. The second-order valence-corrected chi connectivity index (χ2v) is 24.0. The summed E-state index contributed by atoms with van der Waals surface area (Å²) in [5.41, 5.74) is 9.85. The Morgan fingerprint density at radius 2 is 0.675 bits per heavy atom. The van der Waals surface area contributed by atoms with E-state index >= 15 is 0 Å². The summed E-state index contributed by atoms with van der Waals surface area (Å²) >= 11 is 0. The van der Waals surface area contributed by atoms with Gasteiger partial charge in [-0.15, -0.1) is 0 Å². The van der Waals surface area contributed by atoms with Gasteiger partial charge in [0.05, 0.1) is 50.8 Å². The SMILES string of the molecule is CN(C)C[C@@H]1CCn2cc(c3ccccc32)C2=C(C(=O)CC2=O)c2cn(c3ccccc23)CCO1.CN(C)C[C@H]1CCn2cc(c3ccccc32)C2=C(C(=O)CC2=O)c2cn(c3ccccc23)CCO1.CS(=O)(=O)O.CS(=O)(=O)O. The molecule has 80 heavy (non-hydrogen) atoms. The van der Waals surface area contributed by atoms with E-state index in [9.17, 15) is 36.0 Å². The van der Waals surface area contributed by atoms with Gasteiger partial charge in [0.15, 0.2) is 23.1 Å². The summed E-state index contributed by atoms with van der Waals surface area (Å²) in [4.78, 5) is 57.5. The molecule has 2 N–H and O–H groups in total. The van der Waals surface area contributed by atoms with Crippen molar-refractivity contribution in [2.45, 2.75) is 64.1 Å². The average molecular weight is 1130 g/mol. The second-order valence-electron chi connectivity index (χ2n) is 21.1. The predicted molar refractivity (Wildman–Crippen MR) is 311 cm³/mol. The molecule has 18 nitrogen and oxygen atoms in total. The molecule has 0 amide bonds. The van der Waals surface area contributed by atoms with Crippen LogP contribution in [0.15, 0.2) is 122 Å².